The van der Waals surface area contributed by atoms with Crippen LogP contribution in [0.25, 0.3) is 5.52 Å². The highest BCUT2D eigenvalue weighted by Gasteiger charge is 2.10. The van der Waals surface area contributed by atoms with Crippen LogP contribution in [0.2, 0.25) is 0 Å². The van der Waals surface area contributed by atoms with Crippen LogP contribution < -0.4 is 4.90 Å². The van der Waals surface area contributed by atoms with Gasteiger partial charge < -0.3 is 9.30 Å². The molecule has 3 heteroatoms. The summed E-state index contributed by atoms with van der Waals surface area (Å²) >= 11 is 1.89. The summed E-state index contributed by atoms with van der Waals surface area (Å²) < 4.78 is 2.24. The predicted octanol–water partition coefficient (Wildman–Crippen LogP) is 4.30. The molecule has 0 aliphatic rings. The van der Waals surface area contributed by atoms with Crippen molar-refractivity contribution in [3.05, 3.63) is 66.4 Å². The molecule has 2 aromatic heterocycles. The topological polar surface area (TPSA) is 7.65 Å². The van der Waals surface area contributed by atoms with Crippen molar-refractivity contribution in [2.75, 3.05) is 19.0 Å². The van der Waals surface area contributed by atoms with Crippen molar-refractivity contribution in [2.45, 2.75) is 10.6 Å². The Morgan fingerprint density at radius 2 is 1.75 bits per heavy atom. The fourth-order valence-corrected chi connectivity index (χ4v) is 3.32. The molecular weight excluding hydrogens is 264 g/mol. The minimum absolute atomic E-state index is 1.00. The molecule has 2 heterocycles. The van der Waals surface area contributed by atoms with Crippen LogP contribution in [0.15, 0.2) is 65.7 Å². The second kappa shape index (κ2) is 5.63. The fraction of sp³-hybridized carbons (Fsp3) is 0.176. The summed E-state index contributed by atoms with van der Waals surface area (Å²) in [6.07, 6.45) is 2.12. The number of anilines is 1. The second-order valence-electron chi connectivity index (χ2n) is 4.99. The molecule has 0 fully saturated rings. The summed E-state index contributed by atoms with van der Waals surface area (Å²) in [5.41, 5.74) is 2.64. The number of thioether (sulfide) groups is 1. The zero-order valence-corrected chi connectivity index (χ0v) is 12.6. The van der Waals surface area contributed by atoms with Crippen LogP contribution in [-0.4, -0.2) is 18.5 Å². The molecule has 0 saturated carbocycles. The molecule has 3 rings (SSSR count). The second-order valence-corrected chi connectivity index (χ2v) is 6.01. The zero-order valence-electron chi connectivity index (χ0n) is 11.8. The molecule has 2 nitrogen and oxygen atoms in total. The van der Waals surface area contributed by atoms with Gasteiger partial charge in [-0.1, -0.05) is 36.4 Å². The molecule has 0 aliphatic heterocycles. The first-order valence-electron chi connectivity index (χ1n) is 6.70. The van der Waals surface area contributed by atoms with Crippen molar-refractivity contribution in [2.24, 2.45) is 0 Å². The number of nitrogens with zero attached hydrogens (tertiary/aromatic N) is 2. The number of aromatic nitrogens is 1. The van der Waals surface area contributed by atoms with E-state index < -0.39 is 0 Å². The third kappa shape index (κ3) is 2.54. The molecule has 0 unspecified atom stereocenters. The van der Waals surface area contributed by atoms with Gasteiger partial charge in [0.2, 0.25) is 0 Å². The summed E-state index contributed by atoms with van der Waals surface area (Å²) in [7, 11) is 4.17. The largest absolute Gasteiger partial charge is 0.364 e. The number of rotatable bonds is 4. The van der Waals surface area contributed by atoms with Gasteiger partial charge in [-0.2, -0.15) is 0 Å². The number of hydrogen-bond acceptors (Lipinski definition) is 2. The Kier molecular flexibility index (Phi) is 3.70. The van der Waals surface area contributed by atoms with E-state index in [0.717, 1.165) is 5.75 Å². The molecule has 1 aromatic carbocycles. The first kappa shape index (κ1) is 13.1. The molecule has 0 atom stereocenters. The van der Waals surface area contributed by atoms with Gasteiger partial charge in [0.25, 0.3) is 0 Å². The average molecular weight is 282 g/mol. The van der Waals surface area contributed by atoms with E-state index in [1.807, 2.05) is 11.8 Å². The molecule has 0 aliphatic carbocycles. The van der Waals surface area contributed by atoms with E-state index in [1.54, 1.807) is 0 Å². The minimum Gasteiger partial charge on any atom is -0.364 e. The molecule has 0 amide bonds. The predicted molar refractivity (Wildman–Crippen MR) is 87.7 cm³/mol. The van der Waals surface area contributed by atoms with E-state index in [2.05, 4.69) is 84.2 Å². The Balaban J connectivity index is 1.92. The average Bonchev–Trinajstić information content (AvgIpc) is 2.85. The monoisotopic (exact) mass is 282 g/mol. The van der Waals surface area contributed by atoms with Crippen LogP contribution in [0.5, 0.6) is 0 Å². The van der Waals surface area contributed by atoms with Gasteiger partial charge in [-0.15, -0.1) is 11.8 Å². The molecule has 20 heavy (non-hydrogen) atoms. The summed E-state index contributed by atoms with van der Waals surface area (Å²) in [5, 5.41) is 0. The van der Waals surface area contributed by atoms with Crippen molar-refractivity contribution < 1.29 is 0 Å². The third-order valence-corrected chi connectivity index (χ3v) is 4.43. The smallest absolute Gasteiger partial charge is 0.113 e. The highest BCUT2D eigenvalue weighted by molar-refractivity contribution is 7.98. The van der Waals surface area contributed by atoms with Crippen LogP contribution in [0.4, 0.5) is 5.82 Å². The van der Waals surface area contributed by atoms with E-state index in [-0.39, 0.29) is 0 Å². The number of hydrogen-bond donors (Lipinski definition) is 0. The molecule has 0 saturated heterocycles. The Labute approximate surface area is 124 Å². The lowest BCUT2D eigenvalue weighted by atomic mass is 10.2. The summed E-state index contributed by atoms with van der Waals surface area (Å²) in [6, 6.07) is 19.2. The van der Waals surface area contributed by atoms with Crippen molar-refractivity contribution in [3.8, 4) is 0 Å². The number of fused-ring (bicyclic) bond motifs is 1. The molecule has 0 N–H and O–H groups in total. The molecule has 0 spiro atoms. The first-order chi connectivity index (χ1) is 9.75. The molecular formula is C17H18N2S. The van der Waals surface area contributed by atoms with E-state index in [0.29, 0.717) is 0 Å². The number of benzene rings is 1. The minimum atomic E-state index is 1.00. The van der Waals surface area contributed by atoms with Gasteiger partial charge in [0.05, 0.1) is 5.52 Å². The lowest BCUT2D eigenvalue weighted by Gasteiger charge is -2.11. The lowest BCUT2D eigenvalue weighted by molar-refractivity contribution is 1.04. The van der Waals surface area contributed by atoms with Gasteiger partial charge in [0.15, 0.2) is 0 Å². The lowest BCUT2D eigenvalue weighted by Crippen LogP contribution is -2.10. The van der Waals surface area contributed by atoms with Crippen molar-refractivity contribution in [3.63, 3.8) is 0 Å². The molecule has 3 aromatic rings. The quantitative estimate of drug-likeness (QED) is 0.659. The first-order valence-corrected chi connectivity index (χ1v) is 7.68. The van der Waals surface area contributed by atoms with Gasteiger partial charge >= 0.3 is 0 Å². The zero-order chi connectivity index (χ0) is 13.9. The van der Waals surface area contributed by atoms with E-state index in [1.165, 1.54) is 21.8 Å². The molecule has 0 radical (unpaired) electrons. The van der Waals surface area contributed by atoms with Gasteiger partial charge in [-0.25, -0.2) is 0 Å². The number of pyridine rings is 1. The Bertz CT molecular complexity index is 701. The van der Waals surface area contributed by atoms with Crippen molar-refractivity contribution in [1.29, 1.82) is 0 Å². The van der Waals surface area contributed by atoms with E-state index in [9.17, 15) is 0 Å². The molecule has 0 bridgehead atoms. The Morgan fingerprint density at radius 1 is 1.00 bits per heavy atom. The summed E-state index contributed by atoms with van der Waals surface area (Å²) in [5.74, 6) is 2.22. The highest BCUT2D eigenvalue weighted by Crippen LogP contribution is 2.32. The van der Waals surface area contributed by atoms with Crippen LogP contribution in [0, 0.1) is 0 Å². The van der Waals surface area contributed by atoms with Crippen LogP contribution in [0.3, 0.4) is 0 Å². The Hall–Kier alpha value is -1.87. The van der Waals surface area contributed by atoms with Crippen LogP contribution in [0.1, 0.15) is 5.56 Å². The van der Waals surface area contributed by atoms with Gasteiger partial charge in [-0.3, -0.25) is 0 Å². The maximum absolute atomic E-state index is 2.27. The van der Waals surface area contributed by atoms with Gasteiger partial charge in [-0.05, 0) is 23.8 Å². The maximum Gasteiger partial charge on any atom is 0.113 e. The maximum atomic E-state index is 2.27. The summed E-state index contributed by atoms with van der Waals surface area (Å²) in [4.78, 5) is 3.48. The van der Waals surface area contributed by atoms with Crippen LogP contribution >= 0.6 is 11.8 Å². The van der Waals surface area contributed by atoms with Gasteiger partial charge in [0, 0.05) is 30.9 Å². The van der Waals surface area contributed by atoms with Crippen molar-refractivity contribution in [1.82, 2.24) is 4.40 Å². The third-order valence-electron chi connectivity index (χ3n) is 3.31. The standard InChI is InChI=1S/C17H18N2S/c1-18(2)17-12-16(15-10-6-7-11-19(15)17)20-13-14-8-4-3-5-9-14/h3-12H,13H2,1-2H3. The molecule has 102 valence electrons. The van der Waals surface area contributed by atoms with Gasteiger partial charge in [0.1, 0.15) is 5.82 Å². The van der Waals surface area contributed by atoms with Crippen LogP contribution in [-0.2, 0) is 5.75 Å². The fourth-order valence-electron chi connectivity index (χ4n) is 2.30. The summed E-state index contributed by atoms with van der Waals surface area (Å²) in [6.45, 7) is 0. The van der Waals surface area contributed by atoms with Crippen molar-refractivity contribution >= 4 is 23.1 Å². The van der Waals surface area contributed by atoms with E-state index in [4.69, 9.17) is 0 Å². The van der Waals surface area contributed by atoms with E-state index >= 15 is 0 Å². The highest BCUT2D eigenvalue weighted by atomic mass is 32.2. The Morgan fingerprint density at radius 3 is 2.50 bits per heavy atom. The SMILES string of the molecule is CN(C)c1cc(SCc2ccccc2)c2ccccn12. The normalized spacial score (nSPS) is 10.9.